The van der Waals surface area contributed by atoms with Gasteiger partial charge in [-0.2, -0.15) is 0 Å². The molecule has 7 nitrogen and oxygen atoms in total. The smallest absolute Gasteiger partial charge is 0.255 e. The molecule has 1 unspecified atom stereocenters. The molecule has 0 radical (unpaired) electrons. The van der Waals surface area contributed by atoms with E-state index in [0.29, 0.717) is 22.6 Å². The Labute approximate surface area is 167 Å². The molecule has 1 atom stereocenters. The van der Waals surface area contributed by atoms with Crippen LogP contribution < -0.4 is 15.6 Å². The molecule has 3 aromatic rings. The first-order valence-corrected chi connectivity index (χ1v) is 9.02. The topological polar surface area (TPSA) is 97.0 Å². The summed E-state index contributed by atoms with van der Waals surface area (Å²) in [7, 11) is 1.39. The number of H-pyrrole nitrogens is 1. The van der Waals surface area contributed by atoms with Gasteiger partial charge in [0.15, 0.2) is 11.6 Å². The van der Waals surface area contributed by atoms with E-state index in [-0.39, 0.29) is 29.2 Å². The lowest BCUT2D eigenvalue weighted by molar-refractivity contribution is -0.121. The summed E-state index contributed by atoms with van der Waals surface area (Å²) >= 11 is 0. The number of carbonyl (C=O) groups is 1. The van der Waals surface area contributed by atoms with Gasteiger partial charge in [0.25, 0.3) is 5.56 Å². The van der Waals surface area contributed by atoms with E-state index in [1.54, 1.807) is 44.4 Å². The fraction of sp³-hybridized carbons (Fsp3) is 0.238. The lowest BCUT2D eigenvalue weighted by Gasteiger charge is -2.15. The van der Waals surface area contributed by atoms with Crippen molar-refractivity contribution in [3.8, 4) is 17.1 Å². The van der Waals surface area contributed by atoms with Gasteiger partial charge in [-0.25, -0.2) is 9.37 Å². The summed E-state index contributed by atoms with van der Waals surface area (Å²) in [6.07, 6.45) is 3.09. The number of hydrogen-bond donors (Lipinski definition) is 2. The van der Waals surface area contributed by atoms with Crippen LogP contribution in [-0.4, -0.2) is 28.0 Å². The molecular weight excluding hydrogens is 375 g/mol. The number of halogens is 1. The maximum Gasteiger partial charge on any atom is 0.255 e. The van der Waals surface area contributed by atoms with E-state index in [1.807, 2.05) is 0 Å². The highest BCUT2D eigenvalue weighted by molar-refractivity contribution is 5.79. The molecule has 0 aliphatic carbocycles. The summed E-state index contributed by atoms with van der Waals surface area (Å²) < 4.78 is 18.8. The number of benzene rings is 1. The second-order valence-electron chi connectivity index (χ2n) is 6.58. The molecular formula is C21H21FN4O3. The third-order valence-corrected chi connectivity index (χ3v) is 4.55. The Morgan fingerprint density at radius 1 is 1.34 bits per heavy atom. The van der Waals surface area contributed by atoms with Crippen LogP contribution in [0.1, 0.15) is 29.8 Å². The van der Waals surface area contributed by atoms with Crippen molar-refractivity contribution < 1.29 is 13.9 Å². The van der Waals surface area contributed by atoms with Gasteiger partial charge in [-0.3, -0.25) is 14.6 Å². The van der Waals surface area contributed by atoms with Crippen LogP contribution in [0.5, 0.6) is 5.75 Å². The molecule has 1 aromatic carbocycles. The number of ether oxygens (including phenoxy) is 1. The van der Waals surface area contributed by atoms with Crippen LogP contribution in [0.3, 0.4) is 0 Å². The lowest BCUT2D eigenvalue weighted by atomic mass is 10.1. The predicted molar refractivity (Wildman–Crippen MR) is 106 cm³/mol. The average Bonchev–Trinajstić information content (AvgIpc) is 2.71. The molecule has 2 aromatic heterocycles. The third-order valence-electron chi connectivity index (χ3n) is 4.55. The van der Waals surface area contributed by atoms with Crippen molar-refractivity contribution in [3.05, 3.63) is 75.7 Å². The fourth-order valence-electron chi connectivity index (χ4n) is 2.95. The van der Waals surface area contributed by atoms with Crippen molar-refractivity contribution in [1.82, 2.24) is 20.3 Å². The van der Waals surface area contributed by atoms with Crippen molar-refractivity contribution >= 4 is 5.91 Å². The number of rotatable bonds is 6. The molecule has 0 saturated heterocycles. The van der Waals surface area contributed by atoms with Crippen LogP contribution in [0.25, 0.3) is 11.4 Å². The summed E-state index contributed by atoms with van der Waals surface area (Å²) in [6.45, 7) is 3.42. The molecule has 0 spiro atoms. The van der Waals surface area contributed by atoms with Gasteiger partial charge in [-0.05, 0) is 43.7 Å². The van der Waals surface area contributed by atoms with Crippen LogP contribution in [0.4, 0.5) is 4.39 Å². The van der Waals surface area contributed by atoms with Crippen LogP contribution in [0.2, 0.25) is 0 Å². The lowest BCUT2D eigenvalue weighted by Crippen LogP contribution is -2.31. The Bertz CT molecular complexity index is 1080. The van der Waals surface area contributed by atoms with E-state index in [4.69, 9.17) is 4.74 Å². The molecule has 0 bridgehead atoms. The number of aryl methyl sites for hydroxylation is 1. The van der Waals surface area contributed by atoms with Crippen molar-refractivity contribution in [3.63, 3.8) is 0 Å². The van der Waals surface area contributed by atoms with Crippen molar-refractivity contribution in [1.29, 1.82) is 0 Å². The Hall–Kier alpha value is -3.55. The minimum atomic E-state index is -0.506. The van der Waals surface area contributed by atoms with Gasteiger partial charge >= 0.3 is 0 Å². The monoisotopic (exact) mass is 396 g/mol. The fourth-order valence-corrected chi connectivity index (χ4v) is 2.95. The van der Waals surface area contributed by atoms with Gasteiger partial charge in [0.2, 0.25) is 5.91 Å². The number of aromatic nitrogens is 3. The summed E-state index contributed by atoms with van der Waals surface area (Å²) in [6, 6.07) is 7.58. The average molecular weight is 396 g/mol. The number of carbonyl (C=O) groups excluding carboxylic acids is 1. The standard InChI is InChI=1S/C21H21FN4O3/c1-12(14-6-7-18(29-3)17(22)9-14)24-19(27)10-16-13(2)25-20(26-21(16)28)15-5-4-8-23-11-15/h4-9,11-12H,10H2,1-3H3,(H,24,27)(H,25,26,28). The Kier molecular flexibility index (Phi) is 6.01. The Morgan fingerprint density at radius 3 is 2.76 bits per heavy atom. The van der Waals surface area contributed by atoms with E-state index in [1.165, 1.54) is 19.2 Å². The van der Waals surface area contributed by atoms with Gasteiger partial charge < -0.3 is 15.0 Å². The SMILES string of the molecule is COc1ccc(C(C)NC(=O)Cc2c(C)nc(-c3cccnc3)[nH]c2=O)cc1F. The number of aromatic amines is 1. The van der Waals surface area contributed by atoms with Crippen molar-refractivity contribution in [2.45, 2.75) is 26.3 Å². The van der Waals surface area contributed by atoms with E-state index < -0.39 is 11.9 Å². The molecule has 0 aliphatic rings. The van der Waals surface area contributed by atoms with Crippen LogP contribution in [-0.2, 0) is 11.2 Å². The highest BCUT2D eigenvalue weighted by atomic mass is 19.1. The normalized spacial score (nSPS) is 11.7. The van der Waals surface area contributed by atoms with Crippen molar-refractivity contribution in [2.24, 2.45) is 0 Å². The number of pyridine rings is 1. The second-order valence-corrected chi connectivity index (χ2v) is 6.58. The largest absolute Gasteiger partial charge is 0.494 e. The molecule has 8 heteroatoms. The number of nitrogens with one attached hydrogen (secondary N) is 2. The maximum atomic E-state index is 13.9. The quantitative estimate of drug-likeness (QED) is 0.668. The Balaban J connectivity index is 1.73. The molecule has 0 fully saturated rings. The molecule has 0 saturated carbocycles. The number of hydrogen-bond acceptors (Lipinski definition) is 5. The number of methoxy groups -OCH3 is 1. The zero-order valence-corrected chi connectivity index (χ0v) is 16.3. The molecule has 2 heterocycles. The van der Waals surface area contributed by atoms with Crippen LogP contribution >= 0.6 is 0 Å². The molecule has 150 valence electrons. The summed E-state index contributed by atoms with van der Waals surface area (Å²) in [5.74, 6) is -0.340. The molecule has 29 heavy (non-hydrogen) atoms. The molecule has 3 rings (SSSR count). The number of nitrogens with zero attached hydrogens (tertiary/aromatic N) is 2. The minimum Gasteiger partial charge on any atom is -0.494 e. The van der Waals surface area contributed by atoms with Gasteiger partial charge in [0, 0.05) is 29.2 Å². The summed E-state index contributed by atoms with van der Waals surface area (Å²) in [5.41, 5.74) is 1.63. The van der Waals surface area contributed by atoms with Crippen molar-refractivity contribution in [2.75, 3.05) is 7.11 Å². The second kappa shape index (κ2) is 8.64. The van der Waals surface area contributed by atoms with E-state index in [0.717, 1.165) is 0 Å². The zero-order valence-electron chi connectivity index (χ0n) is 16.3. The summed E-state index contributed by atoms with van der Waals surface area (Å²) in [4.78, 5) is 36.0. The van der Waals surface area contributed by atoms with Gasteiger partial charge in [-0.1, -0.05) is 6.07 Å². The van der Waals surface area contributed by atoms with Crippen LogP contribution in [0.15, 0.2) is 47.5 Å². The third kappa shape index (κ3) is 4.66. The minimum absolute atomic E-state index is 0.134. The summed E-state index contributed by atoms with van der Waals surface area (Å²) in [5, 5.41) is 2.77. The number of amides is 1. The van der Waals surface area contributed by atoms with E-state index in [9.17, 15) is 14.0 Å². The maximum absolute atomic E-state index is 13.9. The predicted octanol–water partition coefficient (Wildman–Crippen LogP) is 2.71. The van der Waals surface area contributed by atoms with E-state index >= 15 is 0 Å². The molecule has 2 N–H and O–H groups in total. The first kappa shape index (κ1) is 20.2. The highest BCUT2D eigenvalue weighted by Crippen LogP contribution is 2.21. The highest BCUT2D eigenvalue weighted by Gasteiger charge is 2.16. The first-order chi connectivity index (χ1) is 13.9. The van der Waals surface area contributed by atoms with Gasteiger partial charge in [-0.15, -0.1) is 0 Å². The van der Waals surface area contributed by atoms with E-state index in [2.05, 4.69) is 20.3 Å². The van der Waals surface area contributed by atoms with Crippen LogP contribution in [0, 0.1) is 12.7 Å². The first-order valence-electron chi connectivity index (χ1n) is 9.02. The van der Waals surface area contributed by atoms with Gasteiger partial charge in [0.05, 0.1) is 19.6 Å². The Morgan fingerprint density at radius 2 is 2.14 bits per heavy atom. The molecule has 1 amide bonds. The zero-order chi connectivity index (χ0) is 21.0. The van der Waals surface area contributed by atoms with Gasteiger partial charge in [0.1, 0.15) is 5.82 Å². The molecule has 0 aliphatic heterocycles.